The maximum atomic E-state index is 15.3. The van der Waals surface area contributed by atoms with Crippen LogP contribution in [0.15, 0.2) is 30.2 Å². The summed E-state index contributed by atoms with van der Waals surface area (Å²) < 4.78 is 67.6. The van der Waals surface area contributed by atoms with E-state index in [1.807, 2.05) is 0 Å². The largest absolute Gasteiger partial charge is 0.530 e. The molecule has 0 aromatic heterocycles. The van der Waals surface area contributed by atoms with Gasteiger partial charge in [-0.25, -0.2) is 13.3 Å². The number of hydrogen-bond acceptors (Lipinski definition) is 11. The van der Waals surface area contributed by atoms with Gasteiger partial charge in [0.2, 0.25) is 6.35 Å². The molecule has 2 unspecified atom stereocenters. The fourth-order valence-corrected chi connectivity index (χ4v) is 4.70. The summed E-state index contributed by atoms with van der Waals surface area (Å²) in [6, 6.07) is 4.85. The third-order valence-corrected chi connectivity index (χ3v) is 6.58. The zero-order valence-corrected chi connectivity index (χ0v) is 18.1. The molecule has 32 heavy (non-hydrogen) atoms. The molecule has 0 amide bonds. The van der Waals surface area contributed by atoms with Crippen molar-refractivity contribution >= 4 is 25.0 Å². The van der Waals surface area contributed by atoms with Crippen LogP contribution in [0.1, 0.15) is 5.56 Å². The van der Waals surface area contributed by atoms with Gasteiger partial charge in [0.1, 0.15) is 23.8 Å². The molecule has 1 aromatic carbocycles. The average Bonchev–Trinajstić information content (AvgIpc) is 2.99. The molecule has 1 saturated heterocycles. The smallest absolute Gasteiger partial charge is 0.493 e. The Balaban J connectivity index is 1.49. The zero-order valence-electron chi connectivity index (χ0n) is 16.4. The van der Waals surface area contributed by atoms with E-state index in [0.717, 1.165) is 0 Å². The molecule has 0 spiro atoms. The number of benzene rings is 1. The van der Waals surface area contributed by atoms with Crippen LogP contribution < -0.4 is 14.6 Å². The molecule has 1 fully saturated rings. The molecule has 15 heteroatoms. The Hall–Kier alpha value is -1.90. The van der Waals surface area contributed by atoms with Crippen LogP contribution in [0, 0.1) is 0 Å². The number of para-hydroxylation sites is 1. The molecule has 1 aromatic rings. The number of nitrogens with zero attached hydrogens (tertiary/aromatic N) is 1. The van der Waals surface area contributed by atoms with Crippen molar-refractivity contribution in [3.05, 3.63) is 35.8 Å². The first-order valence-corrected chi connectivity index (χ1v) is 11.0. The lowest BCUT2D eigenvalue weighted by molar-refractivity contribution is -0.223. The number of fused-ring (bicyclic) bond motifs is 1. The van der Waals surface area contributed by atoms with E-state index in [2.05, 4.69) is 17.5 Å². The van der Waals surface area contributed by atoms with Crippen LogP contribution in [0.5, 0.6) is 11.5 Å². The van der Waals surface area contributed by atoms with Gasteiger partial charge in [-0.15, -0.1) is 0 Å². The van der Waals surface area contributed by atoms with E-state index in [1.165, 1.54) is 7.11 Å². The molecule has 0 saturated carbocycles. The van der Waals surface area contributed by atoms with Crippen LogP contribution in [-0.4, -0.2) is 69.6 Å². The van der Waals surface area contributed by atoms with Gasteiger partial charge in [0.15, 0.2) is 23.6 Å². The molecule has 11 nitrogen and oxygen atoms in total. The molecule has 3 heterocycles. The van der Waals surface area contributed by atoms with E-state index in [-0.39, 0.29) is 18.1 Å². The quantitative estimate of drug-likeness (QED) is 0.339. The van der Waals surface area contributed by atoms with Gasteiger partial charge in [-0.3, -0.25) is 9.05 Å². The molecule has 0 radical (unpaired) electrons. The first kappa shape index (κ1) is 23.3. The van der Waals surface area contributed by atoms with Crippen molar-refractivity contribution in [3.63, 3.8) is 0 Å². The van der Waals surface area contributed by atoms with Gasteiger partial charge in [-0.2, -0.15) is 0 Å². The molecule has 4 rings (SSSR count). The minimum absolute atomic E-state index is 0.0855. The van der Waals surface area contributed by atoms with Crippen molar-refractivity contribution in [2.75, 3.05) is 13.7 Å². The Kier molecular flexibility index (Phi) is 6.15. The highest BCUT2D eigenvalue weighted by Crippen LogP contribution is 2.57. The second-order valence-electron chi connectivity index (χ2n) is 7.04. The fraction of sp³-hybridized carbons (Fsp3) is 0.471. The minimum Gasteiger partial charge on any atom is -0.493 e. The molecule has 6 atom stereocenters. The van der Waals surface area contributed by atoms with Crippen molar-refractivity contribution in [1.29, 1.82) is 0 Å². The Morgan fingerprint density at radius 2 is 2.16 bits per heavy atom. The number of methoxy groups -OCH3 is 1. The minimum atomic E-state index is -4.37. The number of halogens is 2. The second-order valence-corrected chi connectivity index (χ2v) is 9.04. The normalized spacial score (nSPS) is 36.8. The van der Waals surface area contributed by atoms with Gasteiger partial charge >= 0.3 is 7.82 Å². The summed E-state index contributed by atoms with van der Waals surface area (Å²) in [5.41, 5.74) is 0.514. The first-order chi connectivity index (χ1) is 15.1. The zero-order chi connectivity index (χ0) is 23.3. The van der Waals surface area contributed by atoms with Gasteiger partial charge in [-0.1, -0.05) is 24.4 Å². The van der Waals surface area contributed by atoms with Gasteiger partial charge in [-0.05, 0) is 6.07 Å². The summed E-state index contributed by atoms with van der Waals surface area (Å²) in [5, 5.41) is 32.6. The monoisotopic (exact) mass is 496 g/mol. The van der Waals surface area contributed by atoms with E-state index in [0.29, 0.717) is 16.7 Å². The fourth-order valence-electron chi connectivity index (χ4n) is 3.30. The average molecular weight is 496 g/mol. The number of thiocarbonyl (C=S) groups is 1. The van der Waals surface area contributed by atoms with E-state index < -0.39 is 55.9 Å². The van der Waals surface area contributed by atoms with Crippen molar-refractivity contribution in [3.8, 4) is 11.5 Å². The highest BCUT2D eigenvalue weighted by Gasteiger charge is 2.59. The summed E-state index contributed by atoms with van der Waals surface area (Å²) in [5.74, 6) is -3.76. The third kappa shape index (κ3) is 4.08. The Morgan fingerprint density at radius 3 is 2.88 bits per heavy atom. The summed E-state index contributed by atoms with van der Waals surface area (Å²) >= 11 is 4.65. The van der Waals surface area contributed by atoms with Crippen molar-refractivity contribution < 1.29 is 51.7 Å². The van der Waals surface area contributed by atoms with Crippen LogP contribution >= 0.6 is 20.0 Å². The third-order valence-electron chi connectivity index (χ3n) is 4.97. The van der Waals surface area contributed by atoms with Crippen molar-refractivity contribution in [1.82, 2.24) is 10.2 Å². The lowest BCUT2D eigenvalue weighted by Crippen LogP contribution is -2.55. The number of phosphoric acid groups is 1. The standard InChI is InChI=1S/C17H19F2N2O9PS/c1-26-10-4-2-3-8-6-27-31(25,30-12(8)10)28-7-17(19)13(23)11(22)15(29-17)21-5-9(18)14(32)20-16(21)24/h2-5,11,13,15-16,22-24H,6-7H2,1H3,(H,20,32)/t11-,13+,15-,16?,17-,31?/m1/s1. The van der Waals surface area contributed by atoms with Gasteiger partial charge in [0.05, 0.1) is 13.7 Å². The van der Waals surface area contributed by atoms with Gasteiger partial charge in [0.25, 0.3) is 5.85 Å². The van der Waals surface area contributed by atoms with Crippen molar-refractivity contribution in [2.24, 2.45) is 0 Å². The maximum Gasteiger partial charge on any atom is 0.530 e. The Labute approximate surface area is 185 Å². The SMILES string of the molecule is COc1cccc2c1OP(=O)(OC[C@@]1(F)O[C@@H](N3C=C(F)C(=S)NC3O)[C@H](O)[C@@H]1O)OC2. The summed E-state index contributed by atoms with van der Waals surface area (Å²) in [6.07, 6.45) is -6.90. The highest BCUT2D eigenvalue weighted by atomic mass is 32.1. The number of aliphatic hydroxyl groups is 3. The molecular weight excluding hydrogens is 477 g/mol. The molecule has 4 N–H and O–H groups in total. The van der Waals surface area contributed by atoms with Gasteiger partial charge in [0, 0.05) is 11.8 Å². The highest BCUT2D eigenvalue weighted by molar-refractivity contribution is 7.80. The second kappa shape index (κ2) is 8.47. The summed E-state index contributed by atoms with van der Waals surface area (Å²) in [6.45, 7) is -1.38. The molecule has 3 aliphatic rings. The number of hydrogen-bond donors (Lipinski definition) is 4. The number of rotatable bonds is 5. The molecule has 176 valence electrons. The lowest BCUT2D eigenvalue weighted by Gasteiger charge is -2.36. The van der Waals surface area contributed by atoms with Gasteiger partial charge < -0.3 is 39.5 Å². The number of alkyl halides is 1. The van der Waals surface area contributed by atoms with E-state index >= 15 is 4.39 Å². The van der Waals surface area contributed by atoms with Crippen LogP contribution in [-0.2, 0) is 25.0 Å². The molecule has 3 aliphatic heterocycles. The van der Waals surface area contributed by atoms with E-state index in [4.69, 9.17) is 23.0 Å². The number of nitrogens with one attached hydrogen (secondary N) is 1. The number of ether oxygens (including phenoxy) is 2. The van der Waals surface area contributed by atoms with E-state index in [1.54, 1.807) is 18.2 Å². The molecular formula is C17H19F2N2O9PS. The summed E-state index contributed by atoms with van der Waals surface area (Å²) in [7, 11) is -3.00. The molecule has 0 bridgehead atoms. The van der Waals surface area contributed by atoms with Crippen LogP contribution in [0.3, 0.4) is 0 Å². The topological polar surface area (TPSA) is 139 Å². The maximum absolute atomic E-state index is 15.3. The van der Waals surface area contributed by atoms with Crippen molar-refractivity contribution in [2.45, 2.75) is 37.2 Å². The van der Waals surface area contributed by atoms with Crippen LogP contribution in [0.2, 0.25) is 0 Å². The Bertz CT molecular complexity index is 987. The lowest BCUT2D eigenvalue weighted by atomic mass is 10.1. The number of aliphatic hydroxyl groups excluding tert-OH is 3. The predicted octanol–water partition coefficient (Wildman–Crippen LogP) is 0.792. The molecule has 0 aliphatic carbocycles. The Morgan fingerprint density at radius 1 is 1.41 bits per heavy atom. The van der Waals surface area contributed by atoms with Crippen LogP contribution in [0.4, 0.5) is 8.78 Å². The van der Waals surface area contributed by atoms with E-state index in [9.17, 15) is 24.3 Å². The van der Waals surface area contributed by atoms with Crippen LogP contribution in [0.25, 0.3) is 0 Å². The first-order valence-electron chi connectivity index (χ1n) is 9.18. The predicted molar refractivity (Wildman–Crippen MR) is 105 cm³/mol. The number of phosphoric ester groups is 1. The summed E-state index contributed by atoms with van der Waals surface area (Å²) in [4.78, 5) is 0.272.